The van der Waals surface area contributed by atoms with Crippen LogP contribution in [0.4, 0.5) is 0 Å². The Labute approximate surface area is 143 Å². The number of ether oxygens (including phenoxy) is 3. The van der Waals surface area contributed by atoms with E-state index in [1.165, 1.54) is 0 Å². The molecule has 1 atom stereocenters. The molecule has 1 aromatic rings. The minimum atomic E-state index is -0.724. The summed E-state index contributed by atoms with van der Waals surface area (Å²) in [5.41, 5.74) is -0.704. The topological polar surface area (TPSA) is 68.2 Å². The van der Waals surface area contributed by atoms with Crippen LogP contribution in [0.1, 0.15) is 19.3 Å². The van der Waals surface area contributed by atoms with Crippen molar-refractivity contribution in [2.45, 2.75) is 19.3 Å². The predicted octanol–water partition coefficient (Wildman–Crippen LogP) is 2.28. The van der Waals surface area contributed by atoms with Crippen molar-refractivity contribution in [3.8, 4) is 11.5 Å². The van der Waals surface area contributed by atoms with Crippen LogP contribution in [0.3, 0.4) is 0 Å². The monoisotopic (exact) mass is 337 g/mol. The predicted molar refractivity (Wildman–Crippen MR) is 90.7 cm³/mol. The first-order valence-electron chi connectivity index (χ1n) is 8.31. The number of piperidine rings is 1. The van der Waals surface area contributed by atoms with Gasteiger partial charge in [0, 0.05) is 32.9 Å². The number of benzene rings is 1. The SMILES string of the molecule is COCCC1(C(=O)O)CCCN(CCOc2cccc(OC)c2)C1. The molecule has 1 heterocycles. The lowest BCUT2D eigenvalue weighted by Crippen LogP contribution is -2.49. The van der Waals surface area contributed by atoms with Crippen LogP contribution in [0.15, 0.2) is 24.3 Å². The highest BCUT2D eigenvalue weighted by Gasteiger charge is 2.41. The highest BCUT2D eigenvalue weighted by atomic mass is 16.5. The number of hydrogen-bond donors (Lipinski definition) is 1. The number of nitrogens with zero attached hydrogens (tertiary/aromatic N) is 1. The van der Waals surface area contributed by atoms with Gasteiger partial charge in [0.25, 0.3) is 0 Å². The van der Waals surface area contributed by atoms with E-state index < -0.39 is 11.4 Å². The summed E-state index contributed by atoms with van der Waals surface area (Å²) in [6, 6.07) is 7.49. The van der Waals surface area contributed by atoms with E-state index in [2.05, 4.69) is 4.90 Å². The molecular formula is C18H27NO5. The first-order chi connectivity index (χ1) is 11.6. The van der Waals surface area contributed by atoms with Gasteiger partial charge in [-0.3, -0.25) is 9.69 Å². The fourth-order valence-corrected chi connectivity index (χ4v) is 3.18. The van der Waals surface area contributed by atoms with Crippen LogP contribution >= 0.6 is 0 Å². The molecular weight excluding hydrogens is 310 g/mol. The molecule has 1 aliphatic rings. The fraction of sp³-hybridized carbons (Fsp3) is 0.611. The Balaban J connectivity index is 1.86. The van der Waals surface area contributed by atoms with Gasteiger partial charge < -0.3 is 19.3 Å². The van der Waals surface area contributed by atoms with Gasteiger partial charge in [0.1, 0.15) is 18.1 Å². The van der Waals surface area contributed by atoms with Crippen molar-refractivity contribution < 1.29 is 24.1 Å². The Morgan fingerprint density at radius 1 is 1.29 bits per heavy atom. The average Bonchev–Trinajstić information content (AvgIpc) is 2.60. The molecule has 0 amide bonds. The first-order valence-corrected chi connectivity index (χ1v) is 8.31. The second-order valence-electron chi connectivity index (χ2n) is 6.24. The summed E-state index contributed by atoms with van der Waals surface area (Å²) in [7, 11) is 3.23. The van der Waals surface area contributed by atoms with Crippen LogP contribution in [-0.4, -0.2) is 63.0 Å². The van der Waals surface area contributed by atoms with Crippen LogP contribution in [-0.2, 0) is 9.53 Å². The fourth-order valence-electron chi connectivity index (χ4n) is 3.18. The van der Waals surface area contributed by atoms with Gasteiger partial charge in [-0.15, -0.1) is 0 Å². The van der Waals surface area contributed by atoms with Gasteiger partial charge >= 0.3 is 5.97 Å². The Bertz CT molecular complexity index is 536. The van der Waals surface area contributed by atoms with Gasteiger partial charge in [0.15, 0.2) is 0 Å². The molecule has 24 heavy (non-hydrogen) atoms. The molecule has 0 radical (unpaired) electrons. The van der Waals surface area contributed by atoms with E-state index in [0.29, 0.717) is 39.1 Å². The van der Waals surface area contributed by atoms with Gasteiger partial charge in [-0.1, -0.05) is 6.07 Å². The van der Waals surface area contributed by atoms with Crippen molar-refractivity contribution in [1.82, 2.24) is 4.90 Å². The Morgan fingerprint density at radius 2 is 2.08 bits per heavy atom. The molecule has 1 aromatic carbocycles. The normalized spacial score (nSPS) is 21.4. The molecule has 134 valence electrons. The standard InChI is InChI=1S/C18H27NO5/c1-22-11-8-18(17(20)21)7-4-9-19(14-18)10-12-24-16-6-3-5-15(13-16)23-2/h3,5-6,13H,4,7-12,14H2,1-2H3,(H,20,21). The third-order valence-electron chi connectivity index (χ3n) is 4.61. The molecule has 1 N–H and O–H groups in total. The average molecular weight is 337 g/mol. The van der Waals surface area contributed by atoms with Gasteiger partial charge in [-0.25, -0.2) is 0 Å². The Morgan fingerprint density at radius 3 is 2.79 bits per heavy atom. The van der Waals surface area contributed by atoms with Crippen LogP contribution in [0, 0.1) is 5.41 Å². The lowest BCUT2D eigenvalue weighted by molar-refractivity contribution is -0.154. The molecule has 6 nitrogen and oxygen atoms in total. The van der Waals surface area contributed by atoms with Crippen LogP contribution in [0.5, 0.6) is 11.5 Å². The lowest BCUT2D eigenvalue weighted by Gasteiger charge is -2.39. The van der Waals surface area contributed by atoms with E-state index in [0.717, 1.165) is 24.5 Å². The number of hydrogen-bond acceptors (Lipinski definition) is 5. The van der Waals surface area contributed by atoms with Crippen molar-refractivity contribution in [3.63, 3.8) is 0 Å². The van der Waals surface area contributed by atoms with Crippen molar-refractivity contribution in [2.24, 2.45) is 5.41 Å². The van der Waals surface area contributed by atoms with Crippen LogP contribution < -0.4 is 9.47 Å². The largest absolute Gasteiger partial charge is 0.497 e. The highest BCUT2D eigenvalue weighted by molar-refractivity contribution is 5.75. The van der Waals surface area contributed by atoms with E-state index in [1.54, 1.807) is 14.2 Å². The van der Waals surface area contributed by atoms with E-state index in [-0.39, 0.29) is 0 Å². The summed E-state index contributed by atoms with van der Waals surface area (Å²) in [6.07, 6.45) is 2.14. The minimum absolute atomic E-state index is 0.473. The smallest absolute Gasteiger partial charge is 0.311 e. The third kappa shape index (κ3) is 4.85. The molecule has 0 spiro atoms. The number of likely N-dealkylation sites (tertiary alicyclic amines) is 1. The maximum absolute atomic E-state index is 11.8. The van der Waals surface area contributed by atoms with Gasteiger partial charge in [0.2, 0.25) is 0 Å². The van der Waals surface area contributed by atoms with E-state index in [9.17, 15) is 9.90 Å². The van der Waals surface area contributed by atoms with Gasteiger partial charge in [-0.2, -0.15) is 0 Å². The van der Waals surface area contributed by atoms with Crippen molar-refractivity contribution in [1.29, 1.82) is 0 Å². The molecule has 1 unspecified atom stereocenters. The summed E-state index contributed by atoms with van der Waals surface area (Å²) < 4.78 is 16.0. The molecule has 6 heteroatoms. The summed E-state index contributed by atoms with van der Waals surface area (Å²) in [5, 5.41) is 9.67. The molecule has 0 aromatic heterocycles. The van der Waals surface area contributed by atoms with Gasteiger partial charge in [0.05, 0.1) is 12.5 Å². The summed E-state index contributed by atoms with van der Waals surface area (Å²) in [4.78, 5) is 13.9. The molecule has 0 bridgehead atoms. The van der Waals surface area contributed by atoms with E-state index in [1.807, 2.05) is 24.3 Å². The van der Waals surface area contributed by atoms with Crippen molar-refractivity contribution in [2.75, 3.05) is 47.1 Å². The number of carboxylic acids is 1. The number of aliphatic carboxylic acids is 1. The highest BCUT2D eigenvalue weighted by Crippen LogP contribution is 2.34. The molecule has 1 saturated heterocycles. The zero-order valence-corrected chi connectivity index (χ0v) is 14.5. The minimum Gasteiger partial charge on any atom is -0.497 e. The summed E-state index contributed by atoms with van der Waals surface area (Å²) in [6.45, 7) is 3.16. The van der Waals surface area contributed by atoms with Crippen LogP contribution in [0.25, 0.3) is 0 Å². The summed E-state index contributed by atoms with van der Waals surface area (Å²) >= 11 is 0. The number of carbonyl (C=O) groups is 1. The van der Waals surface area contributed by atoms with Crippen LogP contribution in [0.2, 0.25) is 0 Å². The molecule has 2 rings (SSSR count). The number of rotatable bonds is 9. The number of methoxy groups -OCH3 is 2. The molecule has 1 fully saturated rings. The summed E-state index contributed by atoms with van der Waals surface area (Å²) in [5.74, 6) is 0.795. The molecule has 0 aliphatic carbocycles. The van der Waals surface area contributed by atoms with Crippen molar-refractivity contribution >= 4 is 5.97 Å². The lowest BCUT2D eigenvalue weighted by atomic mass is 9.77. The molecule has 0 saturated carbocycles. The maximum atomic E-state index is 11.8. The zero-order valence-electron chi connectivity index (χ0n) is 14.5. The van der Waals surface area contributed by atoms with E-state index >= 15 is 0 Å². The van der Waals surface area contributed by atoms with Crippen molar-refractivity contribution in [3.05, 3.63) is 24.3 Å². The zero-order chi connectivity index (χ0) is 17.4. The van der Waals surface area contributed by atoms with Gasteiger partial charge in [-0.05, 0) is 37.9 Å². The first kappa shape index (κ1) is 18.5. The Hall–Kier alpha value is -1.79. The van der Waals surface area contributed by atoms with E-state index in [4.69, 9.17) is 14.2 Å². The second-order valence-corrected chi connectivity index (χ2v) is 6.24. The third-order valence-corrected chi connectivity index (χ3v) is 4.61. The Kier molecular flexibility index (Phi) is 6.87. The molecule has 1 aliphatic heterocycles. The second kappa shape index (κ2) is 8.89. The number of carboxylic acid groups (broad SMARTS) is 1. The maximum Gasteiger partial charge on any atom is 0.311 e. The quantitative estimate of drug-likeness (QED) is 0.746.